The zero-order chi connectivity index (χ0) is 16.6. The van der Waals surface area contributed by atoms with Crippen LogP contribution in [0.15, 0.2) is 17.5 Å². The van der Waals surface area contributed by atoms with Crippen molar-refractivity contribution in [3.63, 3.8) is 0 Å². The van der Waals surface area contributed by atoms with Gasteiger partial charge in [-0.3, -0.25) is 4.79 Å². The van der Waals surface area contributed by atoms with Gasteiger partial charge < -0.3 is 4.90 Å². The maximum absolute atomic E-state index is 13.0. The smallest absolute Gasteiger partial charge is 0.244 e. The molecule has 24 heavy (non-hydrogen) atoms. The molecule has 2 aliphatic rings. The van der Waals surface area contributed by atoms with Crippen LogP contribution >= 0.6 is 11.3 Å². The fourth-order valence-corrected chi connectivity index (χ4v) is 5.07. The van der Waals surface area contributed by atoms with Gasteiger partial charge in [0.15, 0.2) is 0 Å². The standard InChI is InChI=1S/C18H24N4OS/c1-18(12-14-6-4-11-24-14)9-5-10-21(18)17(23)13-22-16-8-3-2-7-15(16)19-20-22/h4,6,11H,2-3,5,7-10,12-13H2,1H3/t18-/m1/s1. The molecule has 6 heteroatoms. The zero-order valence-electron chi connectivity index (χ0n) is 14.2. The second-order valence-electron chi connectivity index (χ2n) is 7.25. The fraction of sp³-hybridized carbons (Fsp3) is 0.611. The van der Waals surface area contributed by atoms with E-state index in [1.807, 2.05) is 4.68 Å². The highest BCUT2D eigenvalue weighted by molar-refractivity contribution is 7.09. The van der Waals surface area contributed by atoms with E-state index < -0.39 is 0 Å². The van der Waals surface area contributed by atoms with Gasteiger partial charge in [-0.05, 0) is 56.9 Å². The molecule has 1 amide bonds. The molecule has 128 valence electrons. The molecule has 0 saturated carbocycles. The number of carbonyl (C=O) groups excluding carboxylic acids is 1. The molecule has 2 aromatic heterocycles. The molecule has 0 aromatic carbocycles. The van der Waals surface area contributed by atoms with Gasteiger partial charge in [-0.2, -0.15) is 0 Å². The van der Waals surface area contributed by atoms with Crippen molar-refractivity contribution in [2.45, 2.75) is 64.0 Å². The quantitative estimate of drug-likeness (QED) is 0.857. The van der Waals surface area contributed by atoms with Crippen molar-refractivity contribution < 1.29 is 4.79 Å². The minimum atomic E-state index is -0.0669. The first kappa shape index (κ1) is 15.8. The monoisotopic (exact) mass is 344 g/mol. The summed E-state index contributed by atoms with van der Waals surface area (Å²) in [5.41, 5.74) is 2.20. The normalized spacial score (nSPS) is 23.5. The number of amides is 1. The molecule has 1 saturated heterocycles. The molecular formula is C18H24N4OS. The van der Waals surface area contributed by atoms with Crippen molar-refractivity contribution in [1.82, 2.24) is 19.9 Å². The maximum atomic E-state index is 13.0. The molecule has 5 nitrogen and oxygen atoms in total. The summed E-state index contributed by atoms with van der Waals surface area (Å²) in [6, 6.07) is 4.26. The van der Waals surface area contributed by atoms with E-state index in [0.29, 0.717) is 6.54 Å². The summed E-state index contributed by atoms with van der Waals surface area (Å²) in [5, 5.41) is 10.6. The molecular weight excluding hydrogens is 320 g/mol. The number of aryl methyl sites for hydroxylation is 1. The molecule has 3 heterocycles. The van der Waals surface area contributed by atoms with Crippen LogP contribution < -0.4 is 0 Å². The zero-order valence-corrected chi connectivity index (χ0v) is 15.0. The Morgan fingerprint density at radius 2 is 2.21 bits per heavy atom. The summed E-state index contributed by atoms with van der Waals surface area (Å²) in [4.78, 5) is 16.4. The predicted octanol–water partition coefficient (Wildman–Crippen LogP) is 2.84. The first-order valence-electron chi connectivity index (χ1n) is 8.90. The number of rotatable bonds is 4. The Morgan fingerprint density at radius 3 is 3.04 bits per heavy atom. The van der Waals surface area contributed by atoms with Crippen LogP contribution in [0, 0.1) is 0 Å². The largest absolute Gasteiger partial charge is 0.335 e. The van der Waals surface area contributed by atoms with Crippen LogP contribution in [-0.2, 0) is 30.6 Å². The van der Waals surface area contributed by atoms with Crippen LogP contribution in [0.25, 0.3) is 0 Å². The average molecular weight is 344 g/mol. The summed E-state index contributed by atoms with van der Waals surface area (Å²) < 4.78 is 1.85. The second kappa shape index (κ2) is 6.31. The first-order valence-corrected chi connectivity index (χ1v) is 9.78. The maximum Gasteiger partial charge on any atom is 0.244 e. The molecule has 1 aliphatic heterocycles. The molecule has 0 unspecified atom stereocenters. The van der Waals surface area contributed by atoms with E-state index in [4.69, 9.17) is 0 Å². The van der Waals surface area contributed by atoms with Gasteiger partial charge in [0.25, 0.3) is 0 Å². The van der Waals surface area contributed by atoms with Crippen LogP contribution in [0.4, 0.5) is 0 Å². The lowest BCUT2D eigenvalue weighted by atomic mass is 9.93. The predicted molar refractivity (Wildman–Crippen MR) is 94.0 cm³/mol. The van der Waals surface area contributed by atoms with Crippen molar-refractivity contribution in [3.05, 3.63) is 33.8 Å². The SMILES string of the molecule is C[C@]1(Cc2cccs2)CCCN1C(=O)Cn1nnc2c1CCCC2. The van der Waals surface area contributed by atoms with Gasteiger partial charge in [0.05, 0.1) is 11.4 Å². The molecule has 0 N–H and O–H groups in total. The lowest BCUT2D eigenvalue weighted by Gasteiger charge is -2.35. The lowest BCUT2D eigenvalue weighted by molar-refractivity contribution is -0.135. The number of hydrogen-bond acceptors (Lipinski definition) is 4. The summed E-state index contributed by atoms with van der Waals surface area (Å²) in [7, 11) is 0. The number of hydrogen-bond donors (Lipinski definition) is 0. The number of carbonyl (C=O) groups is 1. The van der Waals surface area contributed by atoms with E-state index in [-0.39, 0.29) is 11.4 Å². The second-order valence-corrected chi connectivity index (χ2v) is 8.28. The van der Waals surface area contributed by atoms with Crippen LogP contribution in [0.3, 0.4) is 0 Å². The molecule has 2 aromatic rings. The molecule has 1 aliphatic carbocycles. The highest BCUT2D eigenvalue weighted by Gasteiger charge is 2.40. The van der Waals surface area contributed by atoms with Gasteiger partial charge in [0, 0.05) is 23.4 Å². The van der Waals surface area contributed by atoms with E-state index in [1.54, 1.807) is 11.3 Å². The Morgan fingerprint density at radius 1 is 1.33 bits per heavy atom. The van der Waals surface area contributed by atoms with Crippen molar-refractivity contribution in [2.24, 2.45) is 0 Å². The summed E-state index contributed by atoms with van der Waals surface area (Å²) in [6.45, 7) is 3.42. The van der Waals surface area contributed by atoms with Crippen molar-refractivity contribution in [2.75, 3.05) is 6.54 Å². The molecule has 0 radical (unpaired) electrons. The Bertz CT molecular complexity index is 723. The average Bonchev–Trinajstić information content (AvgIpc) is 3.29. The highest BCUT2D eigenvalue weighted by atomic mass is 32.1. The highest BCUT2D eigenvalue weighted by Crippen LogP contribution is 2.34. The molecule has 0 bridgehead atoms. The van der Waals surface area contributed by atoms with Gasteiger partial charge in [0.2, 0.25) is 5.91 Å². The summed E-state index contributed by atoms with van der Waals surface area (Å²) in [6.07, 6.45) is 7.48. The molecule has 4 rings (SSSR count). The van der Waals surface area contributed by atoms with Gasteiger partial charge in [-0.25, -0.2) is 4.68 Å². The van der Waals surface area contributed by atoms with E-state index in [2.05, 4.69) is 39.6 Å². The number of likely N-dealkylation sites (tertiary alicyclic amines) is 1. The van der Waals surface area contributed by atoms with E-state index in [0.717, 1.165) is 44.3 Å². The van der Waals surface area contributed by atoms with Crippen molar-refractivity contribution in [3.8, 4) is 0 Å². The third-order valence-electron chi connectivity index (χ3n) is 5.47. The Labute approximate surface area is 146 Å². The van der Waals surface area contributed by atoms with E-state index in [1.165, 1.54) is 23.4 Å². The Kier molecular flexibility index (Phi) is 4.16. The van der Waals surface area contributed by atoms with Gasteiger partial charge in [0.1, 0.15) is 6.54 Å². The number of nitrogens with zero attached hydrogens (tertiary/aromatic N) is 4. The number of thiophene rings is 1. The summed E-state index contributed by atoms with van der Waals surface area (Å²) in [5.74, 6) is 0.185. The van der Waals surface area contributed by atoms with Crippen LogP contribution in [0.5, 0.6) is 0 Å². The minimum absolute atomic E-state index is 0.0669. The van der Waals surface area contributed by atoms with E-state index in [9.17, 15) is 4.79 Å². The van der Waals surface area contributed by atoms with Gasteiger partial charge in [-0.1, -0.05) is 11.3 Å². The number of aromatic nitrogens is 3. The third-order valence-corrected chi connectivity index (χ3v) is 6.34. The van der Waals surface area contributed by atoms with Crippen LogP contribution in [0.1, 0.15) is 48.9 Å². The summed E-state index contributed by atoms with van der Waals surface area (Å²) >= 11 is 1.78. The van der Waals surface area contributed by atoms with E-state index >= 15 is 0 Å². The van der Waals surface area contributed by atoms with Crippen molar-refractivity contribution >= 4 is 17.2 Å². The fourth-order valence-electron chi connectivity index (χ4n) is 4.18. The Balaban J connectivity index is 1.50. The van der Waals surface area contributed by atoms with Gasteiger partial charge in [-0.15, -0.1) is 16.4 Å². The minimum Gasteiger partial charge on any atom is -0.335 e. The lowest BCUT2D eigenvalue weighted by Crippen LogP contribution is -2.48. The number of fused-ring (bicyclic) bond motifs is 1. The van der Waals surface area contributed by atoms with Crippen LogP contribution in [-0.4, -0.2) is 37.9 Å². The third kappa shape index (κ3) is 2.88. The van der Waals surface area contributed by atoms with Gasteiger partial charge >= 0.3 is 0 Å². The Hall–Kier alpha value is -1.69. The van der Waals surface area contributed by atoms with Crippen molar-refractivity contribution in [1.29, 1.82) is 0 Å². The van der Waals surface area contributed by atoms with Crippen LogP contribution in [0.2, 0.25) is 0 Å². The first-order chi connectivity index (χ1) is 11.7. The molecule has 1 fully saturated rings. The molecule has 1 atom stereocenters. The topological polar surface area (TPSA) is 51.0 Å². The molecule has 0 spiro atoms.